The third kappa shape index (κ3) is 5.03. The molecule has 35 heavy (non-hydrogen) atoms. The highest BCUT2D eigenvalue weighted by Gasteiger charge is 2.31. The minimum absolute atomic E-state index is 0.0831. The number of morpholine rings is 1. The second-order valence-electron chi connectivity index (χ2n) is 8.59. The van der Waals surface area contributed by atoms with Crippen LogP contribution in [0.15, 0.2) is 36.4 Å². The maximum absolute atomic E-state index is 14.0. The lowest BCUT2D eigenvalue weighted by Crippen LogP contribution is -2.40. The van der Waals surface area contributed by atoms with E-state index in [2.05, 4.69) is 20.8 Å². The molecule has 186 valence electrons. The molecular weight excluding hydrogens is 456 g/mol. The van der Waals surface area contributed by atoms with Gasteiger partial charge in [-0.25, -0.2) is 0 Å². The van der Waals surface area contributed by atoms with Crippen LogP contribution in [0.1, 0.15) is 40.1 Å². The van der Waals surface area contributed by atoms with Crippen molar-refractivity contribution in [1.82, 2.24) is 15.1 Å². The van der Waals surface area contributed by atoms with E-state index >= 15 is 0 Å². The molecule has 1 fully saturated rings. The molecule has 0 radical (unpaired) electrons. The largest absolute Gasteiger partial charge is 0.390 e. The van der Waals surface area contributed by atoms with Crippen molar-refractivity contribution in [2.24, 2.45) is 0 Å². The Kier molecular flexibility index (Phi) is 7.13. The Bertz CT molecular complexity index is 1230. The number of hydrogen-bond acceptors (Lipinski definition) is 7. The number of anilines is 2. The second-order valence-corrected chi connectivity index (χ2v) is 8.59. The van der Waals surface area contributed by atoms with E-state index in [1.165, 1.54) is 18.2 Å². The van der Waals surface area contributed by atoms with E-state index in [0.29, 0.717) is 54.6 Å². The van der Waals surface area contributed by atoms with Crippen LogP contribution in [0.2, 0.25) is 0 Å². The average Bonchev–Trinajstić information content (AvgIpc) is 2.89. The number of nitrogens with zero attached hydrogens (tertiary/aromatic N) is 3. The minimum Gasteiger partial charge on any atom is -0.390 e. The van der Waals surface area contributed by atoms with Crippen LogP contribution >= 0.6 is 0 Å². The highest BCUT2D eigenvalue weighted by molar-refractivity contribution is 6.06. The molecule has 1 atom stereocenters. The summed E-state index contributed by atoms with van der Waals surface area (Å²) in [5.41, 5.74) is 2.22. The van der Waals surface area contributed by atoms with Crippen LogP contribution in [0.25, 0.3) is 10.8 Å². The van der Waals surface area contributed by atoms with Crippen LogP contribution in [-0.4, -0.2) is 66.1 Å². The van der Waals surface area contributed by atoms with Crippen LogP contribution in [0.4, 0.5) is 20.3 Å². The number of benzene rings is 2. The van der Waals surface area contributed by atoms with E-state index in [9.17, 15) is 13.6 Å². The normalized spacial score (nSPS) is 15.2. The monoisotopic (exact) mass is 485 g/mol. The maximum atomic E-state index is 14.0. The number of aryl methyl sites for hydroxylation is 1. The number of hydrogen-bond donors (Lipinski definition) is 3. The maximum Gasteiger partial charge on any atom is 0.295 e. The number of alkyl halides is 2. The van der Waals surface area contributed by atoms with Crippen molar-refractivity contribution >= 4 is 28.2 Å². The molecule has 3 N–H and O–H groups in total. The van der Waals surface area contributed by atoms with Gasteiger partial charge in [-0.3, -0.25) is 4.79 Å². The molecule has 0 saturated carbocycles. The molecule has 3 aromatic rings. The molecule has 2 aromatic carbocycles. The van der Waals surface area contributed by atoms with Gasteiger partial charge in [0.2, 0.25) is 0 Å². The number of rotatable bonds is 7. The first-order chi connectivity index (χ1) is 16.7. The summed E-state index contributed by atoms with van der Waals surface area (Å²) in [6.45, 7) is 4.49. The molecule has 4 rings (SSSR count). The Morgan fingerprint density at radius 2 is 1.94 bits per heavy atom. The molecule has 0 unspecified atom stereocenters. The van der Waals surface area contributed by atoms with Gasteiger partial charge in [0.05, 0.1) is 30.5 Å². The van der Waals surface area contributed by atoms with E-state index in [1.54, 1.807) is 18.0 Å². The van der Waals surface area contributed by atoms with Gasteiger partial charge < -0.3 is 25.4 Å². The predicted octanol–water partition coefficient (Wildman–Crippen LogP) is 3.71. The van der Waals surface area contributed by atoms with Crippen LogP contribution in [-0.2, 0) is 10.7 Å². The molecule has 1 aliphatic heterocycles. The quantitative estimate of drug-likeness (QED) is 0.469. The summed E-state index contributed by atoms with van der Waals surface area (Å²) in [7, 11) is 1.75. The van der Waals surface area contributed by atoms with E-state index in [1.807, 2.05) is 26.0 Å². The molecular formula is C25H29F2N5O3. The number of fused-ring (bicyclic) bond motifs is 1. The molecule has 10 heteroatoms. The summed E-state index contributed by atoms with van der Waals surface area (Å²) < 4.78 is 33.3. The third-order valence-corrected chi connectivity index (χ3v) is 6.26. The van der Waals surface area contributed by atoms with E-state index in [0.717, 1.165) is 10.8 Å². The standard InChI is InChI=1S/C25H29F2N5O3/c1-15(17-5-4-6-18(11-17)25(26,27)14-33)29-23-20-13-22(28-3)21(12-19(20)16(2)30-31-23)24(34)32-7-9-35-10-8-32/h4-6,11-13,15,28,33H,7-10,14H2,1-3H3,(H,29,31)/t15-/m1/s1. The van der Waals surface area contributed by atoms with Crippen LogP contribution in [0.3, 0.4) is 0 Å². The lowest BCUT2D eigenvalue weighted by atomic mass is 10.0. The number of amides is 1. The second kappa shape index (κ2) is 10.1. The van der Waals surface area contributed by atoms with Gasteiger partial charge in [0, 0.05) is 42.2 Å². The minimum atomic E-state index is -3.32. The first-order valence-electron chi connectivity index (χ1n) is 11.5. The predicted molar refractivity (Wildman–Crippen MR) is 130 cm³/mol. The molecule has 0 bridgehead atoms. The fourth-order valence-corrected chi connectivity index (χ4v) is 4.17. The van der Waals surface area contributed by atoms with Crippen molar-refractivity contribution in [3.05, 3.63) is 58.8 Å². The smallest absolute Gasteiger partial charge is 0.295 e. The van der Waals surface area contributed by atoms with Gasteiger partial charge in [-0.05, 0) is 37.6 Å². The summed E-state index contributed by atoms with van der Waals surface area (Å²) in [4.78, 5) is 15.0. The van der Waals surface area contributed by atoms with Gasteiger partial charge in [0.15, 0.2) is 5.82 Å². The van der Waals surface area contributed by atoms with Crippen molar-refractivity contribution in [3.8, 4) is 0 Å². The van der Waals surface area contributed by atoms with Crippen LogP contribution < -0.4 is 10.6 Å². The fraction of sp³-hybridized carbons (Fsp3) is 0.400. The summed E-state index contributed by atoms with van der Waals surface area (Å²) in [6, 6.07) is 9.23. The Balaban J connectivity index is 1.69. The van der Waals surface area contributed by atoms with Gasteiger partial charge in [-0.2, -0.15) is 13.9 Å². The van der Waals surface area contributed by atoms with Crippen molar-refractivity contribution in [2.45, 2.75) is 25.8 Å². The zero-order valence-electron chi connectivity index (χ0n) is 19.9. The lowest BCUT2D eigenvalue weighted by molar-refractivity contribution is -0.0556. The van der Waals surface area contributed by atoms with Crippen molar-refractivity contribution in [3.63, 3.8) is 0 Å². The Hall–Kier alpha value is -3.37. The van der Waals surface area contributed by atoms with Gasteiger partial charge in [0.25, 0.3) is 11.8 Å². The highest BCUT2D eigenvalue weighted by atomic mass is 19.3. The lowest BCUT2D eigenvalue weighted by Gasteiger charge is -2.28. The van der Waals surface area contributed by atoms with Gasteiger partial charge in [-0.15, -0.1) is 5.10 Å². The number of nitrogens with one attached hydrogen (secondary N) is 2. The third-order valence-electron chi connectivity index (χ3n) is 6.26. The molecule has 1 aromatic heterocycles. The van der Waals surface area contributed by atoms with Gasteiger partial charge >= 0.3 is 0 Å². The number of carbonyl (C=O) groups excluding carboxylic acids is 1. The molecule has 0 spiro atoms. The molecule has 0 aliphatic carbocycles. The topological polar surface area (TPSA) is 99.6 Å². The summed E-state index contributed by atoms with van der Waals surface area (Å²) >= 11 is 0. The molecule has 2 heterocycles. The summed E-state index contributed by atoms with van der Waals surface area (Å²) in [5, 5.41) is 25.5. The number of aliphatic hydroxyl groups excluding tert-OH is 1. The fourth-order valence-electron chi connectivity index (χ4n) is 4.17. The number of aliphatic hydroxyl groups is 1. The molecule has 1 saturated heterocycles. The zero-order valence-corrected chi connectivity index (χ0v) is 19.9. The molecule has 1 amide bonds. The van der Waals surface area contributed by atoms with Crippen molar-refractivity contribution in [1.29, 1.82) is 0 Å². The van der Waals surface area contributed by atoms with Crippen LogP contribution in [0.5, 0.6) is 0 Å². The Morgan fingerprint density at radius 3 is 2.63 bits per heavy atom. The molecule has 1 aliphatic rings. The van der Waals surface area contributed by atoms with Crippen LogP contribution in [0, 0.1) is 6.92 Å². The van der Waals surface area contributed by atoms with Gasteiger partial charge in [0.1, 0.15) is 6.61 Å². The number of aromatic nitrogens is 2. The first-order valence-corrected chi connectivity index (χ1v) is 11.5. The van der Waals surface area contributed by atoms with E-state index in [4.69, 9.17) is 9.84 Å². The Labute approximate surface area is 202 Å². The average molecular weight is 486 g/mol. The highest BCUT2D eigenvalue weighted by Crippen LogP contribution is 2.33. The van der Waals surface area contributed by atoms with Crippen molar-refractivity contribution < 1.29 is 23.4 Å². The first kappa shape index (κ1) is 24.7. The molecule has 8 nitrogen and oxygen atoms in total. The zero-order chi connectivity index (χ0) is 25.2. The van der Waals surface area contributed by atoms with E-state index in [-0.39, 0.29) is 17.5 Å². The van der Waals surface area contributed by atoms with E-state index < -0.39 is 12.5 Å². The number of ether oxygens (including phenoxy) is 1. The number of halogens is 2. The Morgan fingerprint density at radius 1 is 1.20 bits per heavy atom. The summed E-state index contributed by atoms with van der Waals surface area (Å²) in [6.07, 6.45) is 0. The number of carbonyl (C=O) groups is 1. The summed E-state index contributed by atoms with van der Waals surface area (Å²) in [5.74, 6) is -2.93. The van der Waals surface area contributed by atoms with Crippen molar-refractivity contribution in [2.75, 3.05) is 50.6 Å². The van der Waals surface area contributed by atoms with Gasteiger partial charge in [-0.1, -0.05) is 18.2 Å². The SMILES string of the molecule is CNc1cc2c(N[C@H](C)c3cccc(C(F)(F)CO)c3)nnc(C)c2cc1C(=O)N1CCOCC1.